The third-order valence-corrected chi connectivity index (χ3v) is 4.46. The monoisotopic (exact) mass is 443 g/mol. The standard InChI is InChI=1S/C18H17F4N5O2S/c1-10(18(20,21)22)29-17-13(5-4-6-23-17)26-16-15-12(19)7-11(27-30(2,3)28)8-14(15)24-9-25-16/h4-10H,2H2,1,3H3,(H,27,28)(H,24,25,26). The molecule has 2 N–H and O–H groups in total. The number of aromatic nitrogens is 3. The van der Waals surface area contributed by atoms with Gasteiger partial charge >= 0.3 is 6.18 Å². The van der Waals surface area contributed by atoms with Gasteiger partial charge in [-0.25, -0.2) is 23.6 Å². The summed E-state index contributed by atoms with van der Waals surface area (Å²) in [5.74, 6) is 2.38. The zero-order chi connectivity index (χ0) is 22.1. The molecule has 0 radical (unpaired) electrons. The van der Waals surface area contributed by atoms with Gasteiger partial charge in [-0.2, -0.15) is 13.2 Å². The summed E-state index contributed by atoms with van der Waals surface area (Å²) in [6.07, 6.45) is -2.92. The molecule has 30 heavy (non-hydrogen) atoms. The van der Waals surface area contributed by atoms with Gasteiger partial charge in [0.15, 0.2) is 6.10 Å². The van der Waals surface area contributed by atoms with E-state index in [1.165, 1.54) is 30.7 Å². The SMILES string of the molecule is C=S(C)(=O)Nc1cc(F)c2c(Nc3cccnc3OC(C)C(F)(F)F)ncnc2c1. The average Bonchev–Trinajstić information content (AvgIpc) is 2.61. The van der Waals surface area contributed by atoms with Crippen molar-refractivity contribution in [3.63, 3.8) is 0 Å². The highest BCUT2D eigenvalue weighted by Gasteiger charge is 2.38. The predicted octanol–water partition coefficient (Wildman–Crippen LogP) is 3.91. The summed E-state index contributed by atoms with van der Waals surface area (Å²) in [6, 6.07) is 5.44. The van der Waals surface area contributed by atoms with E-state index in [0.717, 1.165) is 19.3 Å². The van der Waals surface area contributed by atoms with E-state index in [4.69, 9.17) is 4.74 Å². The van der Waals surface area contributed by atoms with E-state index >= 15 is 0 Å². The summed E-state index contributed by atoms with van der Waals surface area (Å²) < 4.78 is 72.6. The van der Waals surface area contributed by atoms with Gasteiger partial charge in [0.05, 0.1) is 16.6 Å². The van der Waals surface area contributed by atoms with Crippen molar-refractivity contribution in [2.75, 3.05) is 16.3 Å². The maximum atomic E-state index is 14.8. The molecule has 0 aliphatic heterocycles. The summed E-state index contributed by atoms with van der Waals surface area (Å²) in [4.78, 5) is 11.8. The summed E-state index contributed by atoms with van der Waals surface area (Å²) in [7, 11) is -2.64. The minimum Gasteiger partial charge on any atom is -0.464 e. The molecule has 0 aliphatic carbocycles. The van der Waals surface area contributed by atoms with Crippen LogP contribution in [0.3, 0.4) is 0 Å². The number of nitrogens with zero attached hydrogens (tertiary/aromatic N) is 3. The molecule has 2 atom stereocenters. The molecule has 1 aromatic carbocycles. The minimum absolute atomic E-state index is 0.00610. The van der Waals surface area contributed by atoms with Gasteiger partial charge in [0.1, 0.15) is 23.6 Å². The molecule has 0 saturated carbocycles. The van der Waals surface area contributed by atoms with Crippen LogP contribution < -0.4 is 14.8 Å². The number of alkyl halides is 3. The van der Waals surface area contributed by atoms with Crippen molar-refractivity contribution in [1.29, 1.82) is 0 Å². The fraction of sp³-hybridized carbons (Fsp3) is 0.222. The Hall–Kier alpha value is -3.15. The Balaban J connectivity index is 1.99. The van der Waals surface area contributed by atoms with Crippen molar-refractivity contribution in [2.45, 2.75) is 19.2 Å². The van der Waals surface area contributed by atoms with Gasteiger partial charge in [-0.05, 0) is 37.1 Å². The van der Waals surface area contributed by atoms with Crippen molar-refractivity contribution in [2.24, 2.45) is 0 Å². The van der Waals surface area contributed by atoms with Crippen LogP contribution >= 0.6 is 0 Å². The van der Waals surface area contributed by atoms with Crippen molar-refractivity contribution in [3.8, 4) is 5.88 Å². The quantitative estimate of drug-likeness (QED) is 0.444. The molecule has 2 unspecified atom stereocenters. The van der Waals surface area contributed by atoms with Crippen molar-refractivity contribution in [1.82, 2.24) is 15.0 Å². The number of nitrogens with one attached hydrogen (secondary N) is 2. The highest BCUT2D eigenvalue weighted by Crippen LogP contribution is 2.33. The number of halogens is 4. The number of ether oxygens (including phenoxy) is 1. The molecular formula is C18H17F4N5O2S. The van der Waals surface area contributed by atoms with E-state index in [2.05, 4.69) is 30.9 Å². The molecule has 7 nitrogen and oxygen atoms in total. The van der Waals surface area contributed by atoms with Gasteiger partial charge in [0.25, 0.3) is 0 Å². The Morgan fingerprint density at radius 1 is 1.23 bits per heavy atom. The zero-order valence-electron chi connectivity index (χ0n) is 15.8. The van der Waals surface area contributed by atoms with Crippen LogP contribution in [0.5, 0.6) is 5.88 Å². The Kier molecular flexibility index (Phi) is 5.70. The molecule has 0 amide bonds. The van der Waals surface area contributed by atoms with Crippen molar-refractivity contribution < 1.29 is 26.5 Å². The average molecular weight is 443 g/mol. The van der Waals surface area contributed by atoms with Crippen molar-refractivity contribution >= 4 is 43.7 Å². The van der Waals surface area contributed by atoms with Crippen LogP contribution in [0.15, 0.2) is 36.8 Å². The molecule has 0 saturated heterocycles. The maximum Gasteiger partial charge on any atom is 0.425 e. The number of anilines is 3. The Bertz CT molecular complexity index is 1180. The van der Waals surface area contributed by atoms with E-state index in [-0.39, 0.29) is 34.0 Å². The van der Waals surface area contributed by atoms with Crippen LogP contribution in [0.1, 0.15) is 6.92 Å². The second kappa shape index (κ2) is 7.94. The highest BCUT2D eigenvalue weighted by molar-refractivity contribution is 8.00. The summed E-state index contributed by atoms with van der Waals surface area (Å²) in [6.45, 7) is 0.848. The van der Waals surface area contributed by atoms with Crippen LogP contribution in [0.4, 0.5) is 34.8 Å². The lowest BCUT2D eigenvalue weighted by Crippen LogP contribution is -2.31. The first-order chi connectivity index (χ1) is 13.9. The molecule has 160 valence electrons. The normalized spacial score (nSPS) is 14.7. The lowest BCUT2D eigenvalue weighted by atomic mass is 10.2. The number of hydrogen-bond donors (Lipinski definition) is 2. The molecule has 2 heterocycles. The van der Waals surface area contributed by atoms with Crippen LogP contribution in [-0.2, 0) is 9.71 Å². The first-order valence-corrected chi connectivity index (χ1v) is 10.6. The van der Waals surface area contributed by atoms with Crippen molar-refractivity contribution in [3.05, 3.63) is 42.6 Å². The van der Waals surface area contributed by atoms with E-state index in [0.29, 0.717) is 0 Å². The Morgan fingerprint density at radius 3 is 2.63 bits per heavy atom. The Labute approximate surface area is 169 Å². The summed E-state index contributed by atoms with van der Waals surface area (Å²) >= 11 is 0. The molecule has 3 aromatic rings. The first kappa shape index (κ1) is 21.6. The van der Waals surface area contributed by atoms with Gasteiger partial charge in [-0.15, -0.1) is 0 Å². The highest BCUT2D eigenvalue weighted by atomic mass is 32.2. The van der Waals surface area contributed by atoms with Gasteiger partial charge in [0.2, 0.25) is 5.88 Å². The van der Waals surface area contributed by atoms with E-state index in [1.807, 2.05) is 0 Å². The molecule has 0 spiro atoms. The lowest BCUT2D eigenvalue weighted by molar-refractivity contribution is -0.189. The second-order valence-corrected chi connectivity index (χ2v) is 8.68. The van der Waals surface area contributed by atoms with Gasteiger partial charge in [0, 0.05) is 22.2 Å². The van der Waals surface area contributed by atoms with Crippen LogP contribution in [0.2, 0.25) is 0 Å². The molecule has 2 aromatic heterocycles. The predicted molar refractivity (Wildman–Crippen MR) is 108 cm³/mol. The van der Waals surface area contributed by atoms with Crippen LogP contribution in [0.25, 0.3) is 10.9 Å². The number of benzene rings is 1. The molecule has 3 rings (SSSR count). The second-order valence-electron chi connectivity index (χ2n) is 6.46. The molecule has 0 aliphatic rings. The molecule has 12 heteroatoms. The van der Waals surface area contributed by atoms with Gasteiger partial charge in [-0.1, -0.05) is 0 Å². The fourth-order valence-corrected chi connectivity index (χ4v) is 3.10. The number of rotatable bonds is 6. The van der Waals surface area contributed by atoms with Crippen LogP contribution in [-0.4, -0.2) is 43.6 Å². The topological polar surface area (TPSA) is 89.0 Å². The summed E-state index contributed by atoms with van der Waals surface area (Å²) in [5.41, 5.74) is 0.440. The van der Waals surface area contributed by atoms with Gasteiger partial charge in [-0.3, -0.25) is 0 Å². The fourth-order valence-electron chi connectivity index (χ4n) is 2.49. The smallest absolute Gasteiger partial charge is 0.425 e. The maximum absolute atomic E-state index is 14.8. The number of fused-ring (bicyclic) bond motifs is 1. The summed E-state index contributed by atoms with van der Waals surface area (Å²) in [5, 5.41) is 2.73. The Morgan fingerprint density at radius 2 is 1.97 bits per heavy atom. The van der Waals surface area contributed by atoms with Crippen LogP contribution in [0, 0.1) is 5.82 Å². The molecule has 0 bridgehead atoms. The molecule has 0 fully saturated rings. The lowest BCUT2D eigenvalue weighted by Gasteiger charge is -2.19. The number of pyridine rings is 1. The van der Waals surface area contributed by atoms with E-state index in [1.54, 1.807) is 0 Å². The van der Waals surface area contributed by atoms with E-state index in [9.17, 15) is 21.8 Å². The zero-order valence-corrected chi connectivity index (χ0v) is 16.6. The molecular weight excluding hydrogens is 426 g/mol. The number of hydrogen-bond acceptors (Lipinski definition) is 6. The minimum atomic E-state index is -4.59. The third-order valence-electron chi connectivity index (χ3n) is 3.80. The van der Waals surface area contributed by atoms with Gasteiger partial charge < -0.3 is 14.8 Å². The largest absolute Gasteiger partial charge is 0.464 e. The first-order valence-electron chi connectivity index (χ1n) is 8.43. The van der Waals surface area contributed by atoms with E-state index < -0.39 is 27.8 Å². The third kappa shape index (κ3) is 5.06.